The lowest BCUT2D eigenvalue weighted by Gasteiger charge is -1.95. The quantitative estimate of drug-likeness (QED) is 0.531. The number of hydrogen-bond acceptors (Lipinski definition) is 3. The first-order chi connectivity index (χ1) is 6.52. The summed E-state index contributed by atoms with van der Waals surface area (Å²) in [5.41, 5.74) is 0. The van der Waals surface area contributed by atoms with E-state index in [-0.39, 0.29) is 0 Å². The maximum Gasteiger partial charge on any atom is 0.511 e. The van der Waals surface area contributed by atoms with Crippen LogP contribution in [-0.4, -0.2) is 22.3 Å². The highest BCUT2D eigenvalue weighted by molar-refractivity contribution is 5.63. The highest BCUT2D eigenvalue weighted by atomic mass is 16.7. The first-order valence-electron chi connectivity index (χ1n) is 3.67. The van der Waals surface area contributed by atoms with E-state index >= 15 is 0 Å². The van der Waals surface area contributed by atoms with Crippen LogP contribution in [0.25, 0.3) is 0 Å². The van der Waals surface area contributed by atoms with E-state index in [1.165, 1.54) is 0 Å². The van der Waals surface area contributed by atoms with E-state index < -0.39 is 12.1 Å². The van der Waals surface area contributed by atoms with Crippen LogP contribution in [0.5, 0.6) is 5.75 Å². The maximum absolute atomic E-state index is 9.95. The summed E-state index contributed by atoms with van der Waals surface area (Å²) in [6, 6.07) is 8.35. The van der Waals surface area contributed by atoms with E-state index in [0.717, 1.165) is 6.92 Å². The van der Waals surface area contributed by atoms with Gasteiger partial charge >= 0.3 is 6.16 Å². The first kappa shape index (κ1) is 12.0. The van der Waals surface area contributed by atoms with Crippen LogP contribution < -0.4 is 4.74 Å². The number of benzene rings is 1. The summed E-state index contributed by atoms with van der Waals surface area (Å²) in [4.78, 5) is 18.9. The van der Waals surface area contributed by atoms with Crippen LogP contribution in [0.3, 0.4) is 0 Å². The second-order valence-corrected chi connectivity index (χ2v) is 2.20. The van der Waals surface area contributed by atoms with E-state index in [0.29, 0.717) is 5.75 Å². The Bertz CT molecular complexity index is 289. The van der Waals surface area contributed by atoms with E-state index in [4.69, 9.17) is 15.0 Å². The molecule has 0 fully saturated rings. The van der Waals surface area contributed by atoms with Crippen molar-refractivity contribution in [1.29, 1.82) is 0 Å². The number of ether oxygens (including phenoxy) is 1. The van der Waals surface area contributed by atoms with E-state index in [1.54, 1.807) is 30.3 Å². The van der Waals surface area contributed by atoms with Gasteiger partial charge in [0.2, 0.25) is 0 Å². The minimum atomic E-state index is -1.29. The lowest BCUT2D eigenvalue weighted by molar-refractivity contribution is -0.134. The van der Waals surface area contributed by atoms with Gasteiger partial charge in [-0.15, -0.1) is 0 Å². The molecule has 5 nitrogen and oxygen atoms in total. The van der Waals surface area contributed by atoms with Gasteiger partial charge in [-0.25, -0.2) is 4.79 Å². The third-order valence-electron chi connectivity index (χ3n) is 0.948. The molecular formula is C9H10O5. The lowest BCUT2D eigenvalue weighted by Crippen LogP contribution is -2.02. The van der Waals surface area contributed by atoms with Crippen LogP contribution in [0.1, 0.15) is 6.92 Å². The summed E-state index contributed by atoms with van der Waals surface area (Å²) in [5, 5.41) is 15.6. The number of hydrogen-bond donors (Lipinski definition) is 2. The molecule has 0 amide bonds. The van der Waals surface area contributed by atoms with Crippen molar-refractivity contribution in [2.45, 2.75) is 6.92 Å². The maximum atomic E-state index is 9.95. The van der Waals surface area contributed by atoms with Crippen molar-refractivity contribution in [2.75, 3.05) is 0 Å². The zero-order valence-corrected chi connectivity index (χ0v) is 7.51. The van der Waals surface area contributed by atoms with Gasteiger partial charge in [-0.1, -0.05) is 18.2 Å². The van der Waals surface area contributed by atoms with Crippen molar-refractivity contribution in [3.8, 4) is 5.75 Å². The molecule has 1 aromatic carbocycles. The topological polar surface area (TPSA) is 83.8 Å². The molecule has 14 heavy (non-hydrogen) atoms. The highest BCUT2D eigenvalue weighted by Crippen LogP contribution is 2.07. The predicted octanol–water partition coefficient (Wildman–Crippen LogP) is 1.83. The Labute approximate surface area is 80.6 Å². The molecule has 0 spiro atoms. The van der Waals surface area contributed by atoms with Crippen LogP contribution in [-0.2, 0) is 4.79 Å². The summed E-state index contributed by atoms with van der Waals surface area (Å²) in [6.07, 6.45) is -1.29. The molecule has 1 rings (SSSR count). The van der Waals surface area contributed by atoms with Gasteiger partial charge in [0.25, 0.3) is 5.97 Å². The van der Waals surface area contributed by atoms with Gasteiger partial charge in [0, 0.05) is 6.92 Å². The fourth-order valence-corrected chi connectivity index (χ4v) is 0.589. The zero-order valence-electron chi connectivity index (χ0n) is 7.51. The molecule has 0 bridgehead atoms. The van der Waals surface area contributed by atoms with Crippen molar-refractivity contribution < 1.29 is 24.5 Å². The third kappa shape index (κ3) is 8.06. The first-order valence-corrected chi connectivity index (χ1v) is 3.67. The van der Waals surface area contributed by atoms with Crippen LogP contribution in [0.4, 0.5) is 4.79 Å². The van der Waals surface area contributed by atoms with Gasteiger partial charge in [-0.3, -0.25) is 4.79 Å². The Balaban J connectivity index is 0.000000364. The minimum absolute atomic E-state index is 0.343. The molecule has 0 atom stereocenters. The smallest absolute Gasteiger partial charge is 0.481 e. The Morgan fingerprint density at radius 1 is 1.14 bits per heavy atom. The number of para-hydroxylation sites is 1. The van der Waals surface area contributed by atoms with E-state index in [9.17, 15) is 4.79 Å². The molecule has 2 N–H and O–H groups in total. The molecule has 0 aliphatic rings. The number of rotatable bonds is 1. The molecule has 0 saturated carbocycles. The van der Waals surface area contributed by atoms with Crippen LogP contribution in [0.2, 0.25) is 0 Å². The molecule has 5 heteroatoms. The fraction of sp³-hybridized carbons (Fsp3) is 0.111. The molecule has 0 saturated heterocycles. The summed E-state index contributed by atoms with van der Waals surface area (Å²) in [7, 11) is 0. The molecule has 0 aliphatic heterocycles. The van der Waals surface area contributed by atoms with Crippen molar-refractivity contribution in [1.82, 2.24) is 0 Å². The van der Waals surface area contributed by atoms with E-state index in [1.807, 2.05) is 0 Å². The van der Waals surface area contributed by atoms with Crippen LogP contribution in [0.15, 0.2) is 30.3 Å². The van der Waals surface area contributed by atoms with Crippen LogP contribution in [0, 0.1) is 0 Å². The van der Waals surface area contributed by atoms with Gasteiger partial charge < -0.3 is 14.9 Å². The summed E-state index contributed by atoms with van der Waals surface area (Å²) < 4.78 is 4.33. The summed E-state index contributed by atoms with van der Waals surface area (Å²) >= 11 is 0. The molecule has 0 radical (unpaired) electrons. The SMILES string of the molecule is CC(=O)O.O=C(O)Oc1ccccc1. The largest absolute Gasteiger partial charge is 0.511 e. The minimum Gasteiger partial charge on any atom is -0.481 e. The van der Waals surface area contributed by atoms with Gasteiger partial charge in [0.1, 0.15) is 5.75 Å². The predicted molar refractivity (Wildman–Crippen MR) is 48.4 cm³/mol. The molecular weight excluding hydrogens is 188 g/mol. The Morgan fingerprint density at radius 3 is 1.93 bits per heavy atom. The molecule has 0 unspecified atom stereocenters. The monoisotopic (exact) mass is 198 g/mol. The fourth-order valence-electron chi connectivity index (χ4n) is 0.589. The summed E-state index contributed by atoms with van der Waals surface area (Å²) in [5.74, 6) is -0.491. The zero-order chi connectivity index (χ0) is 11.0. The molecule has 0 aromatic heterocycles. The summed E-state index contributed by atoms with van der Waals surface area (Å²) in [6.45, 7) is 1.08. The number of carbonyl (C=O) groups is 2. The standard InChI is InChI=1S/C7H6O3.C2H4O2/c8-7(9)10-6-4-2-1-3-5-6;1-2(3)4/h1-5H,(H,8,9);1H3,(H,3,4). The number of aliphatic carboxylic acids is 1. The van der Waals surface area contributed by atoms with Crippen molar-refractivity contribution >= 4 is 12.1 Å². The Hall–Kier alpha value is -2.04. The van der Waals surface area contributed by atoms with Crippen molar-refractivity contribution in [2.24, 2.45) is 0 Å². The Kier molecular flexibility index (Phi) is 5.53. The average molecular weight is 198 g/mol. The van der Waals surface area contributed by atoms with Gasteiger partial charge in [-0.2, -0.15) is 0 Å². The number of carboxylic acid groups (broad SMARTS) is 2. The lowest BCUT2D eigenvalue weighted by atomic mass is 10.3. The van der Waals surface area contributed by atoms with Crippen LogP contribution >= 0.6 is 0 Å². The molecule has 0 aliphatic carbocycles. The van der Waals surface area contributed by atoms with E-state index in [2.05, 4.69) is 4.74 Å². The molecule has 0 heterocycles. The second-order valence-electron chi connectivity index (χ2n) is 2.20. The molecule has 1 aromatic rings. The molecule has 76 valence electrons. The highest BCUT2D eigenvalue weighted by Gasteiger charge is 1.96. The Morgan fingerprint density at radius 2 is 1.57 bits per heavy atom. The van der Waals surface area contributed by atoms with Crippen molar-refractivity contribution in [3.05, 3.63) is 30.3 Å². The van der Waals surface area contributed by atoms with Crippen molar-refractivity contribution in [3.63, 3.8) is 0 Å². The van der Waals surface area contributed by atoms with Gasteiger partial charge in [-0.05, 0) is 12.1 Å². The third-order valence-corrected chi connectivity index (χ3v) is 0.948. The average Bonchev–Trinajstić information content (AvgIpc) is 2.03. The van der Waals surface area contributed by atoms with Gasteiger partial charge in [0.15, 0.2) is 0 Å². The van der Waals surface area contributed by atoms with Gasteiger partial charge in [0.05, 0.1) is 0 Å². The second kappa shape index (κ2) is 6.47. The normalized spacial score (nSPS) is 8.07. The number of carboxylic acids is 1.